The third-order valence-corrected chi connectivity index (χ3v) is 9.20. The zero-order valence-electron chi connectivity index (χ0n) is 21.3. The van der Waals surface area contributed by atoms with E-state index in [0.29, 0.717) is 51.0 Å². The molecule has 0 saturated heterocycles. The van der Waals surface area contributed by atoms with E-state index < -0.39 is 0 Å². The lowest BCUT2D eigenvalue weighted by molar-refractivity contribution is 0.0990. The minimum atomic E-state index is -0.380. The van der Waals surface area contributed by atoms with Crippen LogP contribution in [0.25, 0.3) is 11.1 Å². The summed E-state index contributed by atoms with van der Waals surface area (Å²) in [7, 11) is 0. The fraction of sp³-hybridized carbons (Fsp3) is 0.241. The van der Waals surface area contributed by atoms with E-state index in [4.69, 9.17) is 0 Å². The SMILES string of the molecule is N#Cc1c(CC(=O)c2nc3c(s2)CNCC3)cccc1-c1cccc(NC(=O)c2nc3c(s2)CNCC3)c1C#N. The van der Waals surface area contributed by atoms with Crippen molar-refractivity contribution < 1.29 is 9.59 Å². The Morgan fingerprint density at radius 3 is 2.10 bits per heavy atom. The number of anilines is 1. The van der Waals surface area contributed by atoms with E-state index in [1.54, 1.807) is 36.4 Å². The smallest absolute Gasteiger partial charge is 0.284 e. The predicted molar refractivity (Wildman–Crippen MR) is 152 cm³/mol. The minimum Gasteiger partial charge on any atom is -0.319 e. The number of hydrogen-bond donors (Lipinski definition) is 3. The van der Waals surface area contributed by atoms with Crippen LogP contribution in [0.5, 0.6) is 0 Å². The van der Waals surface area contributed by atoms with Gasteiger partial charge in [0.25, 0.3) is 5.91 Å². The molecule has 0 bridgehead atoms. The van der Waals surface area contributed by atoms with Crippen LogP contribution >= 0.6 is 22.7 Å². The molecule has 0 saturated carbocycles. The van der Waals surface area contributed by atoms with Crippen LogP contribution in [0.2, 0.25) is 0 Å². The van der Waals surface area contributed by atoms with Gasteiger partial charge in [-0.3, -0.25) is 9.59 Å². The zero-order valence-corrected chi connectivity index (χ0v) is 23.0. The zero-order chi connectivity index (χ0) is 27.6. The molecule has 0 aliphatic carbocycles. The number of rotatable bonds is 6. The van der Waals surface area contributed by atoms with Gasteiger partial charge in [-0.25, -0.2) is 9.97 Å². The average molecular weight is 566 g/mol. The molecule has 9 nitrogen and oxygen atoms in total. The summed E-state index contributed by atoms with van der Waals surface area (Å²) >= 11 is 2.75. The van der Waals surface area contributed by atoms with Gasteiger partial charge in [-0.1, -0.05) is 30.3 Å². The lowest BCUT2D eigenvalue weighted by Gasteiger charge is -2.13. The van der Waals surface area contributed by atoms with Crippen LogP contribution in [-0.2, 0) is 32.4 Å². The van der Waals surface area contributed by atoms with Crippen molar-refractivity contribution in [3.05, 3.63) is 84.2 Å². The molecule has 2 aliphatic rings. The number of thiazole rings is 2. The summed E-state index contributed by atoms with van der Waals surface area (Å²) in [5, 5.41) is 30.5. The largest absolute Gasteiger partial charge is 0.319 e. The second-order valence-corrected chi connectivity index (χ2v) is 11.6. The molecule has 0 radical (unpaired) electrons. The Morgan fingerprint density at radius 2 is 1.45 bits per heavy atom. The molecular weight excluding hydrogens is 543 g/mol. The van der Waals surface area contributed by atoms with E-state index in [1.165, 1.54) is 22.7 Å². The molecule has 2 aromatic heterocycles. The maximum absolute atomic E-state index is 13.2. The van der Waals surface area contributed by atoms with Crippen molar-refractivity contribution in [3.63, 3.8) is 0 Å². The average Bonchev–Trinajstić information content (AvgIpc) is 3.62. The number of nitriles is 2. The predicted octanol–water partition coefficient (Wildman–Crippen LogP) is 3.98. The molecule has 2 aliphatic heterocycles. The van der Waals surface area contributed by atoms with E-state index in [2.05, 4.69) is 38.1 Å². The van der Waals surface area contributed by atoms with Gasteiger partial charge in [-0.15, -0.1) is 22.7 Å². The van der Waals surface area contributed by atoms with E-state index in [0.717, 1.165) is 47.1 Å². The monoisotopic (exact) mass is 565 g/mol. The number of aromatic nitrogens is 2. The van der Waals surface area contributed by atoms with Crippen LogP contribution in [-0.4, -0.2) is 34.7 Å². The fourth-order valence-corrected chi connectivity index (χ4v) is 6.98. The molecule has 0 spiro atoms. The number of nitrogens with one attached hydrogen (secondary N) is 3. The van der Waals surface area contributed by atoms with Gasteiger partial charge in [0.1, 0.15) is 12.1 Å². The second kappa shape index (κ2) is 11.1. The Balaban J connectivity index is 1.30. The van der Waals surface area contributed by atoms with Crippen molar-refractivity contribution in [2.24, 2.45) is 0 Å². The van der Waals surface area contributed by atoms with Crippen molar-refractivity contribution in [1.82, 2.24) is 20.6 Å². The summed E-state index contributed by atoms with van der Waals surface area (Å²) < 4.78 is 0. The highest BCUT2D eigenvalue weighted by molar-refractivity contribution is 7.14. The van der Waals surface area contributed by atoms with Gasteiger partial charge >= 0.3 is 0 Å². The molecule has 11 heteroatoms. The molecule has 0 atom stereocenters. The maximum atomic E-state index is 13.2. The number of carbonyl (C=O) groups excluding carboxylic acids is 2. The Hall–Kier alpha value is -4.26. The number of nitrogens with zero attached hydrogens (tertiary/aromatic N) is 4. The second-order valence-electron chi connectivity index (χ2n) is 9.48. The lowest BCUT2D eigenvalue weighted by atomic mass is 9.91. The highest BCUT2D eigenvalue weighted by Crippen LogP contribution is 2.34. The molecule has 4 heterocycles. The summed E-state index contributed by atoms with van der Waals surface area (Å²) in [6.07, 6.45) is 1.60. The van der Waals surface area contributed by atoms with Gasteiger partial charge in [-0.2, -0.15) is 10.5 Å². The molecule has 40 heavy (non-hydrogen) atoms. The Kier molecular flexibility index (Phi) is 7.20. The topological polar surface area (TPSA) is 144 Å². The van der Waals surface area contributed by atoms with E-state index >= 15 is 0 Å². The third kappa shape index (κ3) is 4.92. The first-order valence-electron chi connectivity index (χ1n) is 12.8. The molecule has 0 unspecified atom stereocenters. The van der Waals surface area contributed by atoms with Gasteiger partial charge in [0.15, 0.2) is 15.8 Å². The highest BCUT2D eigenvalue weighted by atomic mass is 32.1. The normalized spacial score (nSPS) is 13.9. The first-order chi connectivity index (χ1) is 19.6. The molecule has 4 aromatic rings. The van der Waals surface area contributed by atoms with Crippen LogP contribution in [0.1, 0.15) is 57.4 Å². The lowest BCUT2D eigenvalue weighted by Crippen LogP contribution is -2.22. The number of Topliss-reactive ketones (excluding diaryl/α,β-unsaturated/α-hetero) is 1. The molecule has 0 fully saturated rings. The summed E-state index contributed by atoms with van der Waals surface area (Å²) in [4.78, 5) is 37.4. The Bertz CT molecular complexity index is 1570. The Morgan fingerprint density at radius 1 is 0.850 bits per heavy atom. The van der Waals surface area contributed by atoms with Crippen LogP contribution in [0.4, 0.5) is 5.69 Å². The number of ketones is 1. The molecule has 1 amide bonds. The Labute approximate surface area is 238 Å². The van der Waals surface area contributed by atoms with Crippen LogP contribution in [0, 0.1) is 22.7 Å². The summed E-state index contributed by atoms with van der Waals surface area (Å²) in [6, 6.07) is 14.9. The third-order valence-electron chi connectivity index (χ3n) is 6.97. The molecular formula is C29H23N7O2S2. The standard InChI is InChI=1S/C29H23N7O2S2/c30-12-19-16(11-24(37)28-35-22-7-9-32-14-25(22)39-28)3-1-4-17(19)18-5-2-6-21(20(18)13-31)34-27(38)29-36-23-8-10-33-15-26(23)40-29/h1-6,32-33H,7-11,14-15H2,(H,34,38). The number of fused-ring (bicyclic) bond motifs is 2. The molecule has 3 N–H and O–H groups in total. The van der Waals surface area contributed by atoms with Gasteiger partial charge in [0.2, 0.25) is 0 Å². The number of hydrogen-bond acceptors (Lipinski definition) is 10. The van der Waals surface area contributed by atoms with Crippen LogP contribution in [0.3, 0.4) is 0 Å². The number of carbonyl (C=O) groups is 2. The van der Waals surface area contributed by atoms with Crippen molar-refractivity contribution in [3.8, 4) is 23.3 Å². The van der Waals surface area contributed by atoms with Crippen LogP contribution in [0.15, 0.2) is 36.4 Å². The number of amides is 1. The van der Waals surface area contributed by atoms with Crippen molar-refractivity contribution in [2.45, 2.75) is 32.4 Å². The molecule has 2 aromatic carbocycles. The van der Waals surface area contributed by atoms with Crippen molar-refractivity contribution in [1.29, 1.82) is 10.5 Å². The maximum Gasteiger partial charge on any atom is 0.284 e. The van der Waals surface area contributed by atoms with Gasteiger partial charge in [0, 0.05) is 66.3 Å². The summed E-state index contributed by atoms with van der Waals surface area (Å²) in [6.45, 7) is 3.07. The van der Waals surface area contributed by atoms with E-state index in [-0.39, 0.29) is 23.7 Å². The van der Waals surface area contributed by atoms with Gasteiger partial charge in [-0.05, 0) is 11.6 Å². The van der Waals surface area contributed by atoms with Gasteiger partial charge < -0.3 is 16.0 Å². The van der Waals surface area contributed by atoms with Crippen LogP contribution < -0.4 is 16.0 Å². The minimum absolute atomic E-state index is 0.0262. The summed E-state index contributed by atoms with van der Waals surface area (Å²) in [5.41, 5.74) is 4.39. The quantitative estimate of drug-likeness (QED) is 0.298. The summed E-state index contributed by atoms with van der Waals surface area (Å²) in [5.74, 6) is -0.523. The first-order valence-corrected chi connectivity index (χ1v) is 14.5. The first kappa shape index (κ1) is 26.0. The number of benzene rings is 2. The molecule has 198 valence electrons. The van der Waals surface area contributed by atoms with E-state index in [1.807, 2.05) is 0 Å². The van der Waals surface area contributed by atoms with E-state index in [9.17, 15) is 20.1 Å². The van der Waals surface area contributed by atoms with Crippen molar-refractivity contribution in [2.75, 3.05) is 18.4 Å². The molecule has 6 rings (SSSR count). The fourth-order valence-electron chi connectivity index (χ4n) is 5.00. The highest BCUT2D eigenvalue weighted by Gasteiger charge is 2.23. The van der Waals surface area contributed by atoms with Crippen molar-refractivity contribution >= 4 is 40.1 Å². The van der Waals surface area contributed by atoms with Gasteiger partial charge in [0.05, 0.1) is 28.2 Å².